The molecule has 1 saturated heterocycles. The van der Waals surface area contributed by atoms with Gasteiger partial charge in [-0.1, -0.05) is 30.9 Å². The molecule has 0 N–H and O–H groups in total. The zero-order valence-corrected chi connectivity index (χ0v) is 11.3. The van der Waals surface area contributed by atoms with Crippen LogP contribution in [0.15, 0.2) is 27.7 Å². The van der Waals surface area contributed by atoms with E-state index in [2.05, 4.69) is 0 Å². The second-order valence-corrected chi connectivity index (χ2v) is 5.50. The minimum absolute atomic E-state index is 0.0225. The maximum Gasteiger partial charge on any atom is 0.266 e. The van der Waals surface area contributed by atoms with E-state index in [1.807, 2.05) is 19.9 Å². The standard InChI is InChI=1S/C12H13NO2S2/c1-3-8(2)13-11(14)10(17-12(13)16)7-9-5-4-6-15-9/h4-8H,3H2,1-2H3/b10-7+. The molecule has 1 aliphatic rings. The van der Waals surface area contributed by atoms with Gasteiger partial charge < -0.3 is 4.42 Å². The normalized spacial score (nSPS) is 20.4. The second-order valence-electron chi connectivity index (χ2n) is 3.82. The molecule has 1 aromatic rings. The van der Waals surface area contributed by atoms with Crippen LogP contribution in [0.3, 0.4) is 0 Å². The summed E-state index contributed by atoms with van der Waals surface area (Å²) in [7, 11) is 0. The number of furan rings is 1. The summed E-state index contributed by atoms with van der Waals surface area (Å²) in [6.45, 7) is 4.04. The van der Waals surface area contributed by atoms with Gasteiger partial charge >= 0.3 is 0 Å². The highest BCUT2D eigenvalue weighted by Gasteiger charge is 2.34. The average molecular weight is 267 g/mol. The van der Waals surface area contributed by atoms with Crippen LogP contribution in [0, 0.1) is 0 Å². The number of thioether (sulfide) groups is 1. The number of hydrogen-bond donors (Lipinski definition) is 0. The zero-order chi connectivity index (χ0) is 12.4. The van der Waals surface area contributed by atoms with Crippen molar-refractivity contribution in [1.29, 1.82) is 0 Å². The van der Waals surface area contributed by atoms with Crippen molar-refractivity contribution in [2.45, 2.75) is 26.3 Å². The lowest BCUT2D eigenvalue weighted by Gasteiger charge is -2.21. The van der Waals surface area contributed by atoms with Crippen LogP contribution in [-0.2, 0) is 4.79 Å². The van der Waals surface area contributed by atoms with Gasteiger partial charge in [-0.3, -0.25) is 9.69 Å². The monoisotopic (exact) mass is 267 g/mol. The van der Waals surface area contributed by atoms with E-state index in [0.717, 1.165) is 6.42 Å². The first-order valence-electron chi connectivity index (χ1n) is 5.44. The van der Waals surface area contributed by atoms with Gasteiger partial charge in [0.25, 0.3) is 5.91 Å². The molecule has 3 nitrogen and oxygen atoms in total. The molecule has 0 aliphatic carbocycles. The average Bonchev–Trinajstić information content (AvgIpc) is 2.89. The van der Waals surface area contributed by atoms with Gasteiger partial charge in [-0.15, -0.1) is 0 Å². The van der Waals surface area contributed by atoms with Crippen LogP contribution >= 0.6 is 24.0 Å². The van der Waals surface area contributed by atoms with E-state index in [1.165, 1.54) is 11.8 Å². The van der Waals surface area contributed by atoms with Gasteiger partial charge in [0, 0.05) is 12.1 Å². The Bertz CT molecular complexity index is 465. The second kappa shape index (κ2) is 5.06. The van der Waals surface area contributed by atoms with E-state index < -0.39 is 0 Å². The van der Waals surface area contributed by atoms with Crippen LogP contribution in [0.25, 0.3) is 6.08 Å². The third kappa shape index (κ3) is 2.45. The summed E-state index contributed by atoms with van der Waals surface area (Å²) in [4.78, 5) is 14.5. The Hall–Kier alpha value is -1.07. The van der Waals surface area contributed by atoms with E-state index in [9.17, 15) is 4.79 Å². The Morgan fingerprint density at radius 2 is 2.41 bits per heavy atom. The lowest BCUT2D eigenvalue weighted by molar-refractivity contribution is -0.123. The Balaban J connectivity index is 2.24. The van der Waals surface area contributed by atoms with Gasteiger partial charge in [-0.25, -0.2) is 0 Å². The van der Waals surface area contributed by atoms with Crippen molar-refractivity contribution < 1.29 is 9.21 Å². The van der Waals surface area contributed by atoms with Crippen molar-refractivity contribution in [3.05, 3.63) is 29.1 Å². The van der Waals surface area contributed by atoms with Gasteiger partial charge in [-0.2, -0.15) is 0 Å². The maximum absolute atomic E-state index is 12.2. The van der Waals surface area contributed by atoms with Crippen LogP contribution in [0.4, 0.5) is 0 Å². The van der Waals surface area contributed by atoms with Gasteiger partial charge in [-0.05, 0) is 25.5 Å². The molecule has 1 fully saturated rings. The molecular weight excluding hydrogens is 254 g/mol. The molecule has 2 rings (SSSR count). The number of rotatable bonds is 3. The predicted molar refractivity (Wildman–Crippen MR) is 73.5 cm³/mol. The van der Waals surface area contributed by atoms with Crippen LogP contribution in [0.5, 0.6) is 0 Å². The molecule has 5 heteroatoms. The van der Waals surface area contributed by atoms with E-state index in [-0.39, 0.29) is 11.9 Å². The lowest BCUT2D eigenvalue weighted by Crippen LogP contribution is -2.36. The predicted octanol–water partition coefficient (Wildman–Crippen LogP) is 3.28. The van der Waals surface area contributed by atoms with Crippen LogP contribution in [0.2, 0.25) is 0 Å². The molecule has 1 atom stereocenters. The molecule has 17 heavy (non-hydrogen) atoms. The molecule has 0 radical (unpaired) electrons. The molecule has 2 heterocycles. The van der Waals surface area contributed by atoms with E-state index >= 15 is 0 Å². The SMILES string of the molecule is CCC(C)N1C(=O)/C(=C\c2ccco2)SC1=S. The molecule has 1 aliphatic heterocycles. The van der Waals surface area contributed by atoms with Crippen molar-refractivity contribution in [3.8, 4) is 0 Å². The largest absolute Gasteiger partial charge is 0.465 e. The maximum atomic E-state index is 12.2. The van der Waals surface area contributed by atoms with Crippen molar-refractivity contribution in [3.63, 3.8) is 0 Å². The first kappa shape index (κ1) is 12.4. The Morgan fingerprint density at radius 1 is 1.65 bits per heavy atom. The van der Waals surface area contributed by atoms with Crippen molar-refractivity contribution in [2.24, 2.45) is 0 Å². The van der Waals surface area contributed by atoms with Gasteiger partial charge in [0.1, 0.15) is 10.1 Å². The summed E-state index contributed by atoms with van der Waals surface area (Å²) in [5.41, 5.74) is 0. The molecular formula is C12H13NO2S2. The summed E-state index contributed by atoms with van der Waals surface area (Å²) in [5, 5.41) is 0. The molecule has 0 bridgehead atoms. The van der Waals surface area contributed by atoms with Gasteiger partial charge in [0.15, 0.2) is 0 Å². The first-order chi connectivity index (χ1) is 8.13. The summed E-state index contributed by atoms with van der Waals surface area (Å²) >= 11 is 6.56. The molecule has 0 saturated carbocycles. The number of nitrogens with zero attached hydrogens (tertiary/aromatic N) is 1. The van der Waals surface area contributed by atoms with Crippen molar-refractivity contribution in [1.82, 2.24) is 4.90 Å². The van der Waals surface area contributed by atoms with E-state index in [1.54, 1.807) is 23.3 Å². The quantitative estimate of drug-likeness (QED) is 0.621. The summed E-state index contributed by atoms with van der Waals surface area (Å²) < 4.78 is 5.82. The zero-order valence-electron chi connectivity index (χ0n) is 9.67. The highest BCUT2D eigenvalue weighted by molar-refractivity contribution is 8.26. The number of thiocarbonyl (C=S) groups is 1. The topological polar surface area (TPSA) is 33.5 Å². The van der Waals surface area contributed by atoms with Crippen molar-refractivity contribution in [2.75, 3.05) is 0 Å². The van der Waals surface area contributed by atoms with Crippen LogP contribution < -0.4 is 0 Å². The first-order valence-corrected chi connectivity index (χ1v) is 6.66. The third-order valence-corrected chi connectivity index (χ3v) is 4.00. The van der Waals surface area contributed by atoms with Crippen LogP contribution in [0.1, 0.15) is 26.0 Å². The summed E-state index contributed by atoms with van der Waals surface area (Å²) in [6.07, 6.45) is 4.21. The van der Waals surface area contributed by atoms with Gasteiger partial charge in [0.2, 0.25) is 0 Å². The fourth-order valence-corrected chi connectivity index (χ4v) is 2.99. The Labute approximate surface area is 110 Å². The number of carbonyl (C=O) groups is 1. The Morgan fingerprint density at radius 3 is 3.00 bits per heavy atom. The highest BCUT2D eigenvalue weighted by Crippen LogP contribution is 2.34. The molecule has 0 aromatic carbocycles. The number of carbonyl (C=O) groups excluding carboxylic acids is 1. The molecule has 1 aromatic heterocycles. The third-order valence-electron chi connectivity index (χ3n) is 2.67. The molecule has 90 valence electrons. The molecule has 1 amide bonds. The minimum atomic E-state index is -0.0225. The number of amides is 1. The number of hydrogen-bond acceptors (Lipinski definition) is 4. The summed E-state index contributed by atoms with van der Waals surface area (Å²) in [6, 6.07) is 3.75. The molecule has 0 spiro atoms. The van der Waals surface area contributed by atoms with Crippen LogP contribution in [-0.4, -0.2) is 21.2 Å². The smallest absolute Gasteiger partial charge is 0.266 e. The fourth-order valence-electron chi connectivity index (χ4n) is 1.55. The fraction of sp³-hybridized carbons (Fsp3) is 0.333. The Kier molecular flexibility index (Phi) is 3.69. The van der Waals surface area contributed by atoms with Crippen molar-refractivity contribution >= 4 is 40.3 Å². The highest BCUT2D eigenvalue weighted by atomic mass is 32.2. The van der Waals surface area contributed by atoms with E-state index in [4.69, 9.17) is 16.6 Å². The minimum Gasteiger partial charge on any atom is -0.465 e. The van der Waals surface area contributed by atoms with Gasteiger partial charge in [0.05, 0.1) is 11.2 Å². The lowest BCUT2D eigenvalue weighted by atomic mass is 10.2. The van der Waals surface area contributed by atoms with E-state index in [0.29, 0.717) is 15.0 Å². The summed E-state index contributed by atoms with van der Waals surface area (Å²) in [5.74, 6) is 0.653. The molecule has 1 unspecified atom stereocenters.